The number of pyridine rings is 1. The van der Waals surface area contributed by atoms with E-state index in [0.29, 0.717) is 12.5 Å². The molecular formula is C10H16N2. The average molecular weight is 164 g/mol. The van der Waals surface area contributed by atoms with E-state index in [2.05, 4.69) is 31.0 Å². The molecule has 0 fully saturated rings. The van der Waals surface area contributed by atoms with Gasteiger partial charge in [-0.25, -0.2) is 0 Å². The zero-order valence-corrected chi connectivity index (χ0v) is 7.75. The maximum atomic E-state index is 5.42. The Morgan fingerprint density at radius 3 is 2.58 bits per heavy atom. The van der Waals surface area contributed by atoms with Crippen molar-refractivity contribution in [1.82, 2.24) is 4.98 Å². The molecule has 1 rings (SSSR count). The third kappa shape index (κ3) is 2.31. The van der Waals surface area contributed by atoms with Crippen molar-refractivity contribution in [2.24, 2.45) is 5.73 Å². The second kappa shape index (κ2) is 4.21. The Balaban J connectivity index is 2.71. The zero-order chi connectivity index (χ0) is 8.97. The van der Waals surface area contributed by atoms with Crippen LogP contribution >= 0.6 is 0 Å². The quantitative estimate of drug-likeness (QED) is 0.738. The molecular weight excluding hydrogens is 148 g/mol. The summed E-state index contributed by atoms with van der Waals surface area (Å²) in [6.07, 6.45) is 2.81. The molecule has 2 N–H and O–H groups in total. The largest absolute Gasteiger partial charge is 0.330 e. The summed E-state index contributed by atoms with van der Waals surface area (Å²) in [5.41, 5.74) is 7.79. The number of rotatable bonds is 3. The van der Waals surface area contributed by atoms with Crippen LogP contribution < -0.4 is 5.73 Å². The maximum absolute atomic E-state index is 5.42. The molecule has 0 aromatic carbocycles. The standard InChI is InChI=1S/C10H16N2/c1-8(2)9-3-4-10(5-6-11)12-7-9/h3-4,7-8H,5-6,11H2,1-2H3. The van der Waals surface area contributed by atoms with Crippen molar-refractivity contribution in [3.05, 3.63) is 29.6 Å². The summed E-state index contributed by atoms with van der Waals surface area (Å²) < 4.78 is 0. The predicted octanol–water partition coefficient (Wildman–Crippen LogP) is 1.71. The summed E-state index contributed by atoms with van der Waals surface area (Å²) in [7, 11) is 0. The molecule has 12 heavy (non-hydrogen) atoms. The highest BCUT2D eigenvalue weighted by molar-refractivity contribution is 5.17. The van der Waals surface area contributed by atoms with Crippen LogP contribution in [0.3, 0.4) is 0 Å². The SMILES string of the molecule is CC(C)c1ccc(CCN)nc1. The molecule has 2 heteroatoms. The first kappa shape index (κ1) is 9.20. The van der Waals surface area contributed by atoms with Gasteiger partial charge in [0.05, 0.1) is 0 Å². The Hall–Kier alpha value is -0.890. The lowest BCUT2D eigenvalue weighted by molar-refractivity contribution is 0.844. The Morgan fingerprint density at radius 2 is 2.17 bits per heavy atom. The fourth-order valence-corrected chi connectivity index (χ4v) is 1.07. The van der Waals surface area contributed by atoms with Crippen LogP contribution in [0.2, 0.25) is 0 Å². The van der Waals surface area contributed by atoms with E-state index in [1.807, 2.05) is 6.20 Å². The van der Waals surface area contributed by atoms with Crippen LogP contribution in [0.25, 0.3) is 0 Å². The molecule has 2 nitrogen and oxygen atoms in total. The van der Waals surface area contributed by atoms with Crippen LogP contribution in [-0.2, 0) is 6.42 Å². The van der Waals surface area contributed by atoms with E-state index in [1.54, 1.807) is 0 Å². The summed E-state index contributed by atoms with van der Waals surface area (Å²) in [5.74, 6) is 0.560. The van der Waals surface area contributed by atoms with Crippen LogP contribution in [0.1, 0.15) is 31.0 Å². The summed E-state index contributed by atoms with van der Waals surface area (Å²) in [5, 5.41) is 0. The Labute approximate surface area is 73.8 Å². The number of nitrogens with two attached hydrogens (primary N) is 1. The predicted molar refractivity (Wildman–Crippen MR) is 51.1 cm³/mol. The molecule has 0 amide bonds. The van der Waals surface area contributed by atoms with Gasteiger partial charge in [-0.3, -0.25) is 4.98 Å². The third-order valence-electron chi connectivity index (χ3n) is 1.91. The normalized spacial score (nSPS) is 10.7. The van der Waals surface area contributed by atoms with Gasteiger partial charge in [0, 0.05) is 18.3 Å². The first-order valence-corrected chi connectivity index (χ1v) is 4.39. The lowest BCUT2D eigenvalue weighted by Crippen LogP contribution is -2.04. The minimum atomic E-state index is 0.560. The Kier molecular flexibility index (Phi) is 3.23. The second-order valence-electron chi connectivity index (χ2n) is 3.28. The van der Waals surface area contributed by atoms with Crippen molar-refractivity contribution in [1.29, 1.82) is 0 Å². The third-order valence-corrected chi connectivity index (χ3v) is 1.91. The van der Waals surface area contributed by atoms with Gasteiger partial charge in [-0.1, -0.05) is 19.9 Å². The van der Waals surface area contributed by atoms with Crippen LogP contribution in [0, 0.1) is 0 Å². The summed E-state index contributed by atoms with van der Waals surface area (Å²) >= 11 is 0. The van der Waals surface area contributed by atoms with E-state index in [9.17, 15) is 0 Å². The fourth-order valence-electron chi connectivity index (χ4n) is 1.07. The molecule has 0 saturated heterocycles. The lowest BCUT2D eigenvalue weighted by Gasteiger charge is -2.04. The van der Waals surface area contributed by atoms with Gasteiger partial charge in [0.15, 0.2) is 0 Å². The van der Waals surface area contributed by atoms with E-state index in [1.165, 1.54) is 5.56 Å². The monoisotopic (exact) mass is 164 g/mol. The van der Waals surface area contributed by atoms with Gasteiger partial charge in [0.25, 0.3) is 0 Å². The van der Waals surface area contributed by atoms with Crippen LogP contribution in [0.15, 0.2) is 18.3 Å². The molecule has 1 aromatic rings. The molecule has 1 aromatic heterocycles. The second-order valence-corrected chi connectivity index (χ2v) is 3.28. The van der Waals surface area contributed by atoms with E-state index < -0.39 is 0 Å². The van der Waals surface area contributed by atoms with Crippen LogP contribution in [0.4, 0.5) is 0 Å². The van der Waals surface area contributed by atoms with Gasteiger partial charge >= 0.3 is 0 Å². The van der Waals surface area contributed by atoms with Gasteiger partial charge in [-0.15, -0.1) is 0 Å². The molecule has 66 valence electrons. The molecule has 0 spiro atoms. The van der Waals surface area contributed by atoms with E-state index in [0.717, 1.165) is 12.1 Å². The summed E-state index contributed by atoms with van der Waals surface area (Å²) in [4.78, 5) is 4.31. The minimum Gasteiger partial charge on any atom is -0.330 e. The fraction of sp³-hybridized carbons (Fsp3) is 0.500. The molecule has 0 aliphatic rings. The van der Waals surface area contributed by atoms with Crippen LogP contribution in [-0.4, -0.2) is 11.5 Å². The molecule has 1 heterocycles. The van der Waals surface area contributed by atoms with Crippen molar-refractivity contribution in [2.45, 2.75) is 26.2 Å². The van der Waals surface area contributed by atoms with Crippen LogP contribution in [0.5, 0.6) is 0 Å². The number of hydrogen-bond donors (Lipinski definition) is 1. The zero-order valence-electron chi connectivity index (χ0n) is 7.75. The Bertz CT molecular complexity index is 226. The molecule has 0 radical (unpaired) electrons. The Morgan fingerprint density at radius 1 is 1.42 bits per heavy atom. The number of nitrogens with zero attached hydrogens (tertiary/aromatic N) is 1. The van der Waals surface area contributed by atoms with Crippen molar-refractivity contribution in [3.8, 4) is 0 Å². The first-order valence-electron chi connectivity index (χ1n) is 4.39. The highest BCUT2D eigenvalue weighted by Gasteiger charge is 1.98. The maximum Gasteiger partial charge on any atom is 0.0416 e. The smallest absolute Gasteiger partial charge is 0.0416 e. The molecule has 0 unspecified atom stereocenters. The summed E-state index contributed by atoms with van der Waals surface area (Å²) in [6.45, 7) is 5.01. The highest BCUT2D eigenvalue weighted by atomic mass is 14.7. The number of aromatic nitrogens is 1. The average Bonchev–Trinajstić information content (AvgIpc) is 2.06. The highest BCUT2D eigenvalue weighted by Crippen LogP contribution is 2.12. The molecule has 0 bridgehead atoms. The lowest BCUT2D eigenvalue weighted by atomic mass is 10.1. The minimum absolute atomic E-state index is 0.560. The van der Waals surface area contributed by atoms with Gasteiger partial charge < -0.3 is 5.73 Å². The van der Waals surface area contributed by atoms with E-state index in [4.69, 9.17) is 5.73 Å². The van der Waals surface area contributed by atoms with E-state index in [-0.39, 0.29) is 0 Å². The van der Waals surface area contributed by atoms with Gasteiger partial charge in [0.1, 0.15) is 0 Å². The topological polar surface area (TPSA) is 38.9 Å². The molecule has 0 aliphatic carbocycles. The molecule has 0 aliphatic heterocycles. The molecule has 0 atom stereocenters. The van der Waals surface area contributed by atoms with Gasteiger partial charge in [0.2, 0.25) is 0 Å². The van der Waals surface area contributed by atoms with Crippen molar-refractivity contribution in [3.63, 3.8) is 0 Å². The summed E-state index contributed by atoms with van der Waals surface area (Å²) in [6, 6.07) is 4.19. The number of hydrogen-bond acceptors (Lipinski definition) is 2. The van der Waals surface area contributed by atoms with Crippen molar-refractivity contribution in [2.75, 3.05) is 6.54 Å². The molecule has 0 saturated carbocycles. The van der Waals surface area contributed by atoms with Gasteiger partial charge in [-0.2, -0.15) is 0 Å². The van der Waals surface area contributed by atoms with Crippen molar-refractivity contribution >= 4 is 0 Å². The van der Waals surface area contributed by atoms with Crippen molar-refractivity contribution < 1.29 is 0 Å². The van der Waals surface area contributed by atoms with Gasteiger partial charge in [-0.05, 0) is 24.1 Å². The first-order chi connectivity index (χ1) is 5.74. The van der Waals surface area contributed by atoms with E-state index >= 15 is 0 Å².